The minimum Gasteiger partial charge on any atom is -0.494 e. The Hall–Kier alpha value is -2.82. The molecule has 5 nitrogen and oxygen atoms in total. The molecule has 3 rings (SSSR count). The van der Waals surface area contributed by atoms with Crippen LogP contribution >= 0.6 is 0 Å². The number of amides is 1. The van der Waals surface area contributed by atoms with Gasteiger partial charge in [-0.1, -0.05) is 50.1 Å². The van der Waals surface area contributed by atoms with Crippen molar-refractivity contribution in [1.82, 2.24) is 14.9 Å². The van der Waals surface area contributed by atoms with Gasteiger partial charge in [-0.05, 0) is 50.5 Å². The predicted molar refractivity (Wildman–Crippen MR) is 126 cm³/mol. The molecule has 2 aromatic carbocycles. The fourth-order valence-electron chi connectivity index (χ4n) is 3.61. The molecule has 3 aromatic rings. The first-order chi connectivity index (χ1) is 15.0. The molecule has 0 atom stereocenters. The Morgan fingerprint density at radius 2 is 1.81 bits per heavy atom. The maximum absolute atomic E-state index is 11.6. The largest absolute Gasteiger partial charge is 0.494 e. The zero-order valence-corrected chi connectivity index (χ0v) is 19.1. The third kappa shape index (κ3) is 6.84. The van der Waals surface area contributed by atoms with Crippen LogP contribution in [0.1, 0.15) is 50.9 Å². The van der Waals surface area contributed by atoms with Gasteiger partial charge in [0.1, 0.15) is 11.6 Å². The van der Waals surface area contributed by atoms with E-state index in [9.17, 15) is 4.79 Å². The fourth-order valence-corrected chi connectivity index (χ4v) is 3.61. The molecule has 1 amide bonds. The van der Waals surface area contributed by atoms with Gasteiger partial charge in [0, 0.05) is 25.4 Å². The number of nitrogens with zero attached hydrogens (tertiary/aromatic N) is 2. The number of para-hydroxylation sites is 2. The molecule has 0 saturated heterocycles. The van der Waals surface area contributed by atoms with E-state index in [-0.39, 0.29) is 11.8 Å². The summed E-state index contributed by atoms with van der Waals surface area (Å²) in [5.74, 6) is 2.25. The third-order valence-corrected chi connectivity index (χ3v) is 5.45. The number of rotatable bonds is 12. The standard InChI is InChI=1S/C26H35N3O2/c1-20(2)26(30)27-17-8-4-5-12-25-28-23-10-6-7-11-24(23)29(25)18-9-19-31-22-15-13-21(3)14-16-22/h6-7,10-11,13-16,20H,4-5,8-9,12,17-19H2,1-3H3,(H,27,30). The van der Waals surface area contributed by atoms with Crippen LogP contribution in [0.25, 0.3) is 11.0 Å². The van der Waals surface area contributed by atoms with Gasteiger partial charge in [-0.15, -0.1) is 0 Å². The van der Waals surface area contributed by atoms with Crippen molar-refractivity contribution in [2.75, 3.05) is 13.2 Å². The van der Waals surface area contributed by atoms with E-state index in [4.69, 9.17) is 9.72 Å². The average Bonchev–Trinajstić information content (AvgIpc) is 3.12. The Balaban J connectivity index is 1.49. The summed E-state index contributed by atoms with van der Waals surface area (Å²) in [6, 6.07) is 16.5. The summed E-state index contributed by atoms with van der Waals surface area (Å²) < 4.78 is 8.25. The molecule has 0 aliphatic heterocycles. The highest BCUT2D eigenvalue weighted by Crippen LogP contribution is 2.19. The molecule has 0 aliphatic carbocycles. The summed E-state index contributed by atoms with van der Waals surface area (Å²) >= 11 is 0. The molecule has 0 spiro atoms. The molecule has 0 fully saturated rings. The number of nitrogens with one attached hydrogen (secondary N) is 1. The Kier molecular flexibility index (Phi) is 8.51. The van der Waals surface area contributed by atoms with Crippen LogP contribution in [-0.4, -0.2) is 28.6 Å². The number of ether oxygens (including phenoxy) is 1. The Morgan fingerprint density at radius 1 is 1.03 bits per heavy atom. The zero-order valence-electron chi connectivity index (χ0n) is 19.1. The van der Waals surface area contributed by atoms with Crippen LogP contribution in [0.2, 0.25) is 0 Å². The van der Waals surface area contributed by atoms with E-state index in [1.807, 2.05) is 32.0 Å². The second-order valence-corrected chi connectivity index (χ2v) is 8.44. The summed E-state index contributed by atoms with van der Waals surface area (Å²) in [6.45, 7) is 8.26. The molecule has 0 bridgehead atoms. The van der Waals surface area contributed by atoms with Crippen LogP contribution in [0, 0.1) is 12.8 Å². The van der Waals surface area contributed by atoms with E-state index in [0.29, 0.717) is 6.61 Å². The van der Waals surface area contributed by atoms with Crippen molar-refractivity contribution in [3.05, 3.63) is 59.9 Å². The number of carbonyl (C=O) groups is 1. The lowest BCUT2D eigenvalue weighted by molar-refractivity contribution is -0.123. The summed E-state index contributed by atoms with van der Waals surface area (Å²) in [6.07, 6.45) is 5.04. The first-order valence-corrected chi connectivity index (χ1v) is 11.5. The van der Waals surface area contributed by atoms with E-state index < -0.39 is 0 Å². The number of benzene rings is 2. The second-order valence-electron chi connectivity index (χ2n) is 8.44. The topological polar surface area (TPSA) is 56.1 Å². The molecule has 1 heterocycles. The SMILES string of the molecule is Cc1ccc(OCCCn2c(CCCCCNC(=O)C(C)C)nc3ccccc32)cc1. The number of aromatic nitrogens is 2. The average molecular weight is 422 g/mol. The van der Waals surface area contributed by atoms with Gasteiger partial charge in [0.2, 0.25) is 5.91 Å². The molecule has 0 aliphatic rings. The van der Waals surface area contributed by atoms with Gasteiger partial charge in [0.25, 0.3) is 0 Å². The number of fused-ring (bicyclic) bond motifs is 1. The van der Waals surface area contributed by atoms with Crippen LogP contribution in [0.5, 0.6) is 5.75 Å². The highest BCUT2D eigenvalue weighted by Gasteiger charge is 2.10. The highest BCUT2D eigenvalue weighted by molar-refractivity contribution is 5.77. The monoisotopic (exact) mass is 421 g/mol. The molecular formula is C26H35N3O2. The van der Waals surface area contributed by atoms with Crippen molar-refractivity contribution in [2.24, 2.45) is 5.92 Å². The van der Waals surface area contributed by atoms with Crippen LogP contribution < -0.4 is 10.1 Å². The number of aryl methyl sites for hydroxylation is 3. The maximum Gasteiger partial charge on any atom is 0.222 e. The van der Waals surface area contributed by atoms with E-state index in [2.05, 4.69) is 47.1 Å². The molecule has 0 radical (unpaired) electrons. The van der Waals surface area contributed by atoms with Gasteiger partial charge in [0.15, 0.2) is 0 Å². The number of unbranched alkanes of at least 4 members (excludes halogenated alkanes) is 2. The molecule has 0 unspecified atom stereocenters. The minimum absolute atomic E-state index is 0.0508. The smallest absolute Gasteiger partial charge is 0.222 e. The van der Waals surface area contributed by atoms with Crippen molar-refractivity contribution < 1.29 is 9.53 Å². The molecule has 5 heteroatoms. The summed E-state index contributed by atoms with van der Waals surface area (Å²) in [4.78, 5) is 16.5. The lowest BCUT2D eigenvalue weighted by Gasteiger charge is -2.11. The van der Waals surface area contributed by atoms with Gasteiger partial charge in [-0.25, -0.2) is 4.98 Å². The normalized spacial score (nSPS) is 11.2. The van der Waals surface area contributed by atoms with Crippen LogP contribution in [0.3, 0.4) is 0 Å². The lowest BCUT2D eigenvalue weighted by atomic mass is 10.1. The van der Waals surface area contributed by atoms with Crippen LogP contribution in [0.4, 0.5) is 0 Å². The van der Waals surface area contributed by atoms with E-state index in [0.717, 1.165) is 62.3 Å². The summed E-state index contributed by atoms with van der Waals surface area (Å²) in [5, 5.41) is 2.99. The first-order valence-electron chi connectivity index (χ1n) is 11.5. The highest BCUT2D eigenvalue weighted by atomic mass is 16.5. The molecule has 1 aromatic heterocycles. The van der Waals surface area contributed by atoms with Crippen molar-refractivity contribution in [2.45, 2.75) is 59.4 Å². The first kappa shape index (κ1) is 22.9. The second kappa shape index (κ2) is 11.5. The number of imidazole rings is 1. The predicted octanol–water partition coefficient (Wildman–Crippen LogP) is 5.30. The zero-order chi connectivity index (χ0) is 22.1. The quantitative estimate of drug-likeness (QED) is 0.404. The number of hydrogen-bond donors (Lipinski definition) is 1. The molecular weight excluding hydrogens is 386 g/mol. The molecule has 31 heavy (non-hydrogen) atoms. The van der Waals surface area contributed by atoms with Crippen molar-refractivity contribution in [3.63, 3.8) is 0 Å². The van der Waals surface area contributed by atoms with E-state index in [1.54, 1.807) is 0 Å². The van der Waals surface area contributed by atoms with Gasteiger partial charge < -0.3 is 14.6 Å². The van der Waals surface area contributed by atoms with Crippen LogP contribution in [0.15, 0.2) is 48.5 Å². The van der Waals surface area contributed by atoms with Crippen molar-refractivity contribution in [1.29, 1.82) is 0 Å². The maximum atomic E-state index is 11.6. The van der Waals surface area contributed by atoms with Crippen molar-refractivity contribution >= 4 is 16.9 Å². The third-order valence-electron chi connectivity index (χ3n) is 5.45. The van der Waals surface area contributed by atoms with E-state index in [1.165, 1.54) is 11.1 Å². The summed E-state index contributed by atoms with van der Waals surface area (Å²) in [5.41, 5.74) is 3.49. The van der Waals surface area contributed by atoms with Gasteiger partial charge >= 0.3 is 0 Å². The minimum atomic E-state index is 0.0508. The number of carbonyl (C=O) groups excluding carboxylic acids is 1. The van der Waals surface area contributed by atoms with Gasteiger partial charge in [-0.3, -0.25) is 4.79 Å². The Morgan fingerprint density at radius 3 is 2.58 bits per heavy atom. The fraction of sp³-hybridized carbons (Fsp3) is 0.462. The Labute approximate surface area is 185 Å². The molecule has 0 saturated carbocycles. The summed E-state index contributed by atoms with van der Waals surface area (Å²) in [7, 11) is 0. The number of hydrogen-bond acceptors (Lipinski definition) is 3. The van der Waals surface area contributed by atoms with Gasteiger partial charge in [-0.2, -0.15) is 0 Å². The van der Waals surface area contributed by atoms with E-state index >= 15 is 0 Å². The Bertz CT molecular complexity index is 960. The molecule has 1 N–H and O–H groups in total. The van der Waals surface area contributed by atoms with Gasteiger partial charge in [0.05, 0.1) is 17.6 Å². The van der Waals surface area contributed by atoms with Crippen molar-refractivity contribution in [3.8, 4) is 5.75 Å². The molecule has 166 valence electrons. The van der Waals surface area contributed by atoms with Crippen LogP contribution in [-0.2, 0) is 17.8 Å². The lowest BCUT2D eigenvalue weighted by Crippen LogP contribution is -2.28.